The highest BCUT2D eigenvalue weighted by molar-refractivity contribution is 7.97. The number of amidine groups is 1. The minimum atomic E-state index is -0.358. The highest BCUT2D eigenvalue weighted by atomic mass is 32.2. The summed E-state index contributed by atoms with van der Waals surface area (Å²) < 4.78 is 15.4. The number of hydrogen-bond donors (Lipinski definition) is 4. The molecule has 1 atom stereocenters. The third-order valence-electron chi connectivity index (χ3n) is 4.03. The van der Waals surface area contributed by atoms with Crippen molar-refractivity contribution in [1.82, 2.24) is 14.5 Å². The Morgan fingerprint density at radius 1 is 1.42 bits per heavy atom. The summed E-state index contributed by atoms with van der Waals surface area (Å²) in [4.78, 5) is 6.26. The minimum Gasteiger partial charge on any atom is -0.392 e. The number of aromatic amines is 1. The zero-order chi connectivity index (χ0) is 18.1. The quantitative estimate of drug-likeness (QED) is 0.595. The van der Waals surface area contributed by atoms with Gasteiger partial charge in [0.1, 0.15) is 18.6 Å². The summed E-state index contributed by atoms with van der Waals surface area (Å²) in [6, 6.07) is 6.35. The van der Waals surface area contributed by atoms with Crippen LogP contribution in [0.3, 0.4) is 0 Å². The Bertz CT molecular complexity index is 922. The maximum absolute atomic E-state index is 13.4. The van der Waals surface area contributed by atoms with E-state index >= 15 is 0 Å². The summed E-state index contributed by atoms with van der Waals surface area (Å²) in [5.74, 6) is 2.20. The molecule has 7 nitrogen and oxygen atoms in total. The van der Waals surface area contributed by atoms with Gasteiger partial charge >= 0.3 is 0 Å². The van der Waals surface area contributed by atoms with Crippen LogP contribution >= 0.6 is 11.9 Å². The third kappa shape index (κ3) is 3.36. The zero-order valence-corrected chi connectivity index (χ0v) is 14.8. The first-order chi connectivity index (χ1) is 12.6. The Morgan fingerprint density at radius 3 is 3.08 bits per heavy atom. The van der Waals surface area contributed by atoms with Crippen LogP contribution < -0.4 is 10.2 Å². The summed E-state index contributed by atoms with van der Waals surface area (Å²) in [6.07, 6.45) is 5.72. The number of aryl methyl sites for hydroxylation is 1. The van der Waals surface area contributed by atoms with Crippen molar-refractivity contribution in [3.8, 4) is 0 Å². The minimum absolute atomic E-state index is 0.213. The topological polar surface area (TPSA) is 81.0 Å². The molecule has 2 aliphatic rings. The van der Waals surface area contributed by atoms with Gasteiger partial charge in [-0.05, 0) is 42.6 Å². The molecule has 4 rings (SSSR count). The van der Waals surface area contributed by atoms with Crippen LogP contribution in [-0.2, 0) is 6.61 Å². The van der Waals surface area contributed by atoms with Crippen molar-refractivity contribution in [2.24, 2.45) is 4.99 Å². The summed E-state index contributed by atoms with van der Waals surface area (Å²) in [6.45, 7) is 2.34. The standard InChI is InChI=1S/C17H17FN6OS/c1-11-6-15(22-21-11)20-17-9-23(8-16-19-4-5-24(16)17)26-14-3-2-13(18)7-12(14)10-25/h2-7,9,25H,8,10H2,1H3,(H2,20,21,22)/p+1. The molecule has 1 aromatic heterocycles. The number of quaternary nitrogens is 1. The number of aromatic nitrogens is 2. The van der Waals surface area contributed by atoms with Crippen molar-refractivity contribution in [1.29, 1.82) is 0 Å². The van der Waals surface area contributed by atoms with Crippen LogP contribution in [0.15, 0.2) is 58.6 Å². The van der Waals surface area contributed by atoms with Gasteiger partial charge in [-0.2, -0.15) is 5.10 Å². The van der Waals surface area contributed by atoms with Crippen LogP contribution in [0.25, 0.3) is 0 Å². The fourth-order valence-electron chi connectivity index (χ4n) is 2.81. The Morgan fingerprint density at radius 2 is 2.31 bits per heavy atom. The van der Waals surface area contributed by atoms with E-state index in [1.807, 2.05) is 29.7 Å². The fraction of sp³-hybridized carbons (Fsp3) is 0.176. The first-order valence-electron chi connectivity index (χ1n) is 8.08. The second-order valence-corrected chi connectivity index (χ2v) is 7.08. The summed E-state index contributed by atoms with van der Waals surface area (Å²) >= 11 is 1.43. The number of halogens is 1. The molecule has 0 amide bonds. The van der Waals surface area contributed by atoms with E-state index in [-0.39, 0.29) is 12.4 Å². The molecule has 26 heavy (non-hydrogen) atoms. The molecule has 1 aromatic carbocycles. The van der Waals surface area contributed by atoms with Gasteiger partial charge in [0.25, 0.3) is 0 Å². The monoisotopic (exact) mass is 373 g/mol. The number of aliphatic hydroxyl groups is 1. The smallest absolute Gasteiger partial charge is 0.233 e. The van der Waals surface area contributed by atoms with Gasteiger partial charge in [0.05, 0.1) is 19.0 Å². The predicted molar refractivity (Wildman–Crippen MR) is 97.5 cm³/mol. The van der Waals surface area contributed by atoms with E-state index in [4.69, 9.17) is 0 Å². The molecule has 134 valence electrons. The molecule has 0 spiro atoms. The fourth-order valence-corrected chi connectivity index (χ4v) is 3.78. The highest BCUT2D eigenvalue weighted by Crippen LogP contribution is 2.28. The molecule has 0 saturated heterocycles. The van der Waals surface area contributed by atoms with Gasteiger partial charge in [0.15, 0.2) is 5.82 Å². The zero-order valence-electron chi connectivity index (χ0n) is 14.0. The van der Waals surface area contributed by atoms with Crippen molar-refractivity contribution in [2.45, 2.75) is 18.4 Å². The molecular weight excluding hydrogens is 355 g/mol. The van der Waals surface area contributed by atoms with Crippen molar-refractivity contribution in [3.63, 3.8) is 0 Å². The molecule has 0 fully saturated rings. The van der Waals surface area contributed by atoms with Crippen LogP contribution in [0.2, 0.25) is 0 Å². The lowest BCUT2D eigenvalue weighted by Gasteiger charge is -2.28. The molecule has 0 aliphatic carbocycles. The van der Waals surface area contributed by atoms with Gasteiger partial charge in [-0.15, -0.1) is 0 Å². The van der Waals surface area contributed by atoms with E-state index < -0.39 is 0 Å². The molecule has 0 radical (unpaired) electrons. The number of benzene rings is 1. The molecule has 2 aromatic rings. The normalized spacial score (nSPS) is 18.6. The Kier molecular flexibility index (Phi) is 4.49. The van der Waals surface area contributed by atoms with Crippen LogP contribution in [0, 0.1) is 12.7 Å². The predicted octanol–water partition coefficient (Wildman–Crippen LogP) is 1.35. The molecular formula is C17H18FN6OS+. The van der Waals surface area contributed by atoms with E-state index in [2.05, 4.69) is 20.5 Å². The van der Waals surface area contributed by atoms with Crippen molar-refractivity contribution >= 4 is 23.6 Å². The number of nitrogens with one attached hydrogen (secondary N) is 3. The number of anilines is 1. The highest BCUT2D eigenvalue weighted by Gasteiger charge is 2.32. The molecule has 9 heteroatoms. The number of fused-ring (bicyclic) bond motifs is 1. The Balaban J connectivity index is 1.60. The van der Waals surface area contributed by atoms with Crippen LogP contribution in [0.4, 0.5) is 10.2 Å². The summed E-state index contributed by atoms with van der Waals surface area (Å²) in [5.41, 5.74) is 1.52. The molecule has 2 aliphatic heterocycles. The van der Waals surface area contributed by atoms with Gasteiger partial charge in [-0.25, -0.2) is 14.3 Å². The first kappa shape index (κ1) is 16.8. The van der Waals surface area contributed by atoms with E-state index in [1.54, 1.807) is 12.3 Å². The lowest BCUT2D eigenvalue weighted by atomic mass is 10.2. The molecule has 1 unspecified atom stereocenters. The molecule has 3 heterocycles. The number of H-pyrrole nitrogens is 1. The summed E-state index contributed by atoms with van der Waals surface area (Å²) in [5, 5.41) is 19.9. The second kappa shape index (κ2) is 6.94. The van der Waals surface area contributed by atoms with Gasteiger partial charge < -0.3 is 5.11 Å². The van der Waals surface area contributed by atoms with Crippen LogP contribution in [0.5, 0.6) is 0 Å². The van der Waals surface area contributed by atoms with E-state index in [9.17, 15) is 9.50 Å². The van der Waals surface area contributed by atoms with Crippen molar-refractivity contribution < 1.29 is 14.4 Å². The SMILES string of the molecule is Cc1cc(NC2=CN(Sc3ccc(F)cc3CO)CC3=NC=C[NH+]23)n[nH]1. The number of hydrogen-bond acceptors (Lipinski definition) is 6. The van der Waals surface area contributed by atoms with E-state index in [0.29, 0.717) is 12.1 Å². The van der Waals surface area contributed by atoms with E-state index in [0.717, 1.165) is 33.0 Å². The largest absolute Gasteiger partial charge is 0.392 e. The van der Waals surface area contributed by atoms with Crippen molar-refractivity contribution in [3.05, 3.63) is 65.8 Å². The lowest BCUT2D eigenvalue weighted by molar-refractivity contribution is -0.699. The second-order valence-electron chi connectivity index (χ2n) is 5.99. The third-order valence-corrected chi connectivity index (χ3v) is 5.09. The average molecular weight is 373 g/mol. The number of nitrogens with zero attached hydrogens (tertiary/aromatic N) is 3. The Labute approximate surface area is 154 Å². The van der Waals surface area contributed by atoms with Gasteiger partial charge in [0.2, 0.25) is 11.7 Å². The Hall–Kier alpha value is -2.62. The van der Waals surface area contributed by atoms with Gasteiger partial charge in [0, 0.05) is 16.7 Å². The maximum Gasteiger partial charge on any atom is 0.233 e. The molecule has 0 bridgehead atoms. The average Bonchev–Trinajstić information content (AvgIpc) is 3.25. The van der Waals surface area contributed by atoms with Crippen LogP contribution in [0.1, 0.15) is 11.3 Å². The summed E-state index contributed by atoms with van der Waals surface area (Å²) in [7, 11) is 0. The van der Waals surface area contributed by atoms with Crippen molar-refractivity contribution in [2.75, 3.05) is 11.9 Å². The number of aliphatic imine (C=N–C) groups is 1. The molecule has 0 saturated carbocycles. The van der Waals surface area contributed by atoms with E-state index in [1.165, 1.54) is 24.1 Å². The maximum atomic E-state index is 13.4. The van der Waals surface area contributed by atoms with Crippen LogP contribution in [-0.4, -0.2) is 32.0 Å². The van der Waals surface area contributed by atoms with Gasteiger partial charge in [-0.1, -0.05) is 0 Å². The number of aliphatic hydroxyl groups excluding tert-OH is 1. The first-order valence-corrected chi connectivity index (χ1v) is 8.85. The van der Waals surface area contributed by atoms with Gasteiger partial charge in [-0.3, -0.25) is 14.7 Å². The number of rotatable bonds is 5. The molecule has 4 N–H and O–H groups in total. The lowest BCUT2D eigenvalue weighted by Crippen LogP contribution is -3.10.